The quantitative estimate of drug-likeness (QED) is 0.369. The van der Waals surface area contributed by atoms with Crippen LogP contribution in [0.25, 0.3) is 11.2 Å². The van der Waals surface area contributed by atoms with Crippen LogP contribution < -0.4 is 5.56 Å². The maximum Gasteiger partial charge on any atom is 0.281 e. The molecule has 0 aliphatic carbocycles. The first kappa shape index (κ1) is 25.1. The number of aryl methyl sites for hydroxylation is 1. The minimum absolute atomic E-state index is 0.0105. The van der Waals surface area contributed by atoms with Crippen LogP contribution in [0, 0.1) is 0 Å². The fraction of sp³-hybridized carbons (Fsp3) is 0.650. The van der Waals surface area contributed by atoms with E-state index in [0.29, 0.717) is 0 Å². The van der Waals surface area contributed by atoms with E-state index in [4.69, 9.17) is 18.9 Å². The number of ketones is 2. The molecule has 33 heavy (non-hydrogen) atoms. The normalized spacial score (nSPS) is 23.0. The Morgan fingerprint density at radius 2 is 1.79 bits per heavy atom. The van der Waals surface area contributed by atoms with E-state index >= 15 is 0 Å². The molecule has 0 aromatic carbocycles. The number of ether oxygens (including phenoxy) is 4. The van der Waals surface area contributed by atoms with Crippen molar-refractivity contribution in [1.29, 1.82) is 0 Å². The molecule has 2 aromatic rings. The third-order valence-corrected chi connectivity index (χ3v) is 5.10. The van der Waals surface area contributed by atoms with E-state index in [-0.39, 0.29) is 54.3 Å². The summed E-state index contributed by atoms with van der Waals surface area (Å²) in [4.78, 5) is 43.2. The average Bonchev–Trinajstić information content (AvgIpc) is 3.31. The Kier molecular flexibility index (Phi) is 8.40. The van der Waals surface area contributed by atoms with Crippen molar-refractivity contribution in [3.05, 3.63) is 23.0 Å². The average molecular weight is 468 g/mol. The Hall–Kier alpha value is -2.55. The Labute approximate surface area is 188 Å². The summed E-state index contributed by atoms with van der Waals surface area (Å²) >= 11 is 0. The lowest BCUT2D eigenvalue weighted by atomic mass is 10.1. The molecule has 2 aromatic heterocycles. The Balaban J connectivity index is 1.85. The molecule has 1 aliphatic heterocycles. The van der Waals surface area contributed by atoms with E-state index in [2.05, 4.69) is 9.97 Å². The van der Waals surface area contributed by atoms with Crippen LogP contribution in [-0.4, -0.2) is 85.5 Å². The highest BCUT2D eigenvalue weighted by Crippen LogP contribution is 2.34. The van der Waals surface area contributed by atoms with Gasteiger partial charge in [-0.15, -0.1) is 0 Å². The van der Waals surface area contributed by atoms with Crippen molar-refractivity contribution in [1.82, 2.24) is 19.1 Å². The van der Waals surface area contributed by atoms with Crippen molar-refractivity contribution in [2.75, 3.05) is 19.8 Å². The molecule has 13 nitrogen and oxygen atoms in total. The summed E-state index contributed by atoms with van der Waals surface area (Å²) in [6.45, 7) is 0.969. The van der Waals surface area contributed by atoms with E-state index < -0.39 is 37.6 Å². The van der Waals surface area contributed by atoms with Crippen LogP contribution in [0.2, 0.25) is 0 Å². The molecule has 1 saturated heterocycles. The van der Waals surface area contributed by atoms with Crippen LogP contribution in [0.1, 0.15) is 32.9 Å². The van der Waals surface area contributed by atoms with Crippen LogP contribution in [0.4, 0.5) is 0 Å². The number of aromatic nitrogens is 4. The second-order valence-corrected chi connectivity index (χ2v) is 7.76. The van der Waals surface area contributed by atoms with Gasteiger partial charge in [0.2, 0.25) is 0 Å². The molecule has 0 saturated carbocycles. The first-order valence-electron chi connectivity index (χ1n) is 10.4. The van der Waals surface area contributed by atoms with E-state index in [0.717, 1.165) is 0 Å². The monoisotopic (exact) mass is 468 g/mol. The molecule has 0 radical (unpaired) electrons. The molecule has 2 N–H and O–H groups in total. The molecule has 1 aliphatic rings. The van der Waals surface area contributed by atoms with Gasteiger partial charge in [-0.1, -0.05) is 0 Å². The number of aliphatic hydroxyl groups is 2. The van der Waals surface area contributed by atoms with Gasteiger partial charge >= 0.3 is 0 Å². The van der Waals surface area contributed by atoms with Crippen LogP contribution in [0.5, 0.6) is 0 Å². The maximum absolute atomic E-state index is 12.3. The summed E-state index contributed by atoms with van der Waals surface area (Å²) in [7, 11) is 1.54. The highest BCUT2D eigenvalue weighted by atomic mass is 16.9. The number of nitrogens with zero attached hydrogens (tertiary/aromatic N) is 4. The van der Waals surface area contributed by atoms with Gasteiger partial charge in [0.1, 0.15) is 29.9 Å². The van der Waals surface area contributed by atoms with Crippen molar-refractivity contribution in [3.63, 3.8) is 0 Å². The zero-order chi connectivity index (χ0) is 24.1. The SMILES string of the molecule is CC(=O)CCOC(OCCC(C)=O)O[C@@H]1[C@H](O)[C@@H](CO)O[C@H]1n1cnc2c(=O)n(C)cnc21. The topological polar surface area (TPSA) is 164 Å². The van der Waals surface area contributed by atoms with E-state index in [1.54, 1.807) is 7.05 Å². The zero-order valence-electron chi connectivity index (χ0n) is 18.6. The van der Waals surface area contributed by atoms with Crippen molar-refractivity contribution in [3.8, 4) is 0 Å². The van der Waals surface area contributed by atoms with Crippen molar-refractivity contribution in [2.45, 2.75) is 57.7 Å². The summed E-state index contributed by atoms with van der Waals surface area (Å²) in [5.74, 6) is -0.199. The number of imidazole rings is 1. The molecule has 3 rings (SSSR count). The largest absolute Gasteiger partial charge is 0.394 e. The summed E-state index contributed by atoms with van der Waals surface area (Å²) in [6.07, 6.45) is -1.56. The summed E-state index contributed by atoms with van der Waals surface area (Å²) < 4.78 is 25.3. The van der Waals surface area contributed by atoms with Gasteiger partial charge in [0.15, 0.2) is 17.4 Å². The van der Waals surface area contributed by atoms with Crippen molar-refractivity contribution >= 4 is 22.7 Å². The van der Waals surface area contributed by atoms with Crippen LogP contribution in [0.15, 0.2) is 17.4 Å². The predicted molar refractivity (Wildman–Crippen MR) is 111 cm³/mol. The second-order valence-electron chi connectivity index (χ2n) is 7.76. The van der Waals surface area contributed by atoms with E-state index in [1.807, 2.05) is 0 Å². The maximum atomic E-state index is 12.3. The van der Waals surface area contributed by atoms with Gasteiger partial charge < -0.3 is 33.7 Å². The molecule has 0 spiro atoms. The molecule has 4 atom stereocenters. The lowest BCUT2D eigenvalue weighted by Crippen LogP contribution is -2.40. The number of aliphatic hydroxyl groups excluding tert-OH is 2. The van der Waals surface area contributed by atoms with Gasteiger partial charge in [0.05, 0.1) is 32.5 Å². The van der Waals surface area contributed by atoms with E-state index in [9.17, 15) is 24.6 Å². The predicted octanol–water partition coefficient (Wildman–Crippen LogP) is -0.959. The number of rotatable bonds is 12. The van der Waals surface area contributed by atoms with Crippen LogP contribution in [0.3, 0.4) is 0 Å². The van der Waals surface area contributed by atoms with Gasteiger partial charge in [0.25, 0.3) is 12.0 Å². The first-order chi connectivity index (χ1) is 15.7. The smallest absolute Gasteiger partial charge is 0.281 e. The van der Waals surface area contributed by atoms with Gasteiger partial charge in [-0.3, -0.25) is 19.0 Å². The molecule has 0 amide bonds. The van der Waals surface area contributed by atoms with Gasteiger partial charge in [-0.05, 0) is 13.8 Å². The van der Waals surface area contributed by atoms with Crippen LogP contribution in [-0.2, 0) is 35.6 Å². The highest BCUT2D eigenvalue weighted by molar-refractivity contribution is 5.75. The molecule has 0 unspecified atom stereocenters. The van der Waals surface area contributed by atoms with Crippen molar-refractivity contribution < 1.29 is 38.7 Å². The summed E-state index contributed by atoms with van der Waals surface area (Å²) in [6, 6.07) is 0. The Morgan fingerprint density at radius 1 is 1.15 bits per heavy atom. The zero-order valence-corrected chi connectivity index (χ0v) is 18.6. The Morgan fingerprint density at radius 3 is 2.36 bits per heavy atom. The third-order valence-electron chi connectivity index (χ3n) is 5.10. The van der Waals surface area contributed by atoms with Crippen molar-refractivity contribution in [2.24, 2.45) is 7.05 Å². The minimum Gasteiger partial charge on any atom is -0.394 e. The molecule has 13 heteroatoms. The number of carbonyl (C=O) groups is 2. The highest BCUT2D eigenvalue weighted by Gasteiger charge is 2.47. The molecular formula is C20H28N4O9. The number of carbonyl (C=O) groups excluding carboxylic acids is 2. The fourth-order valence-electron chi connectivity index (χ4n) is 3.27. The van der Waals surface area contributed by atoms with Gasteiger partial charge in [-0.2, -0.15) is 0 Å². The lowest BCUT2D eigenvalue weighted by Gasteiger charge is -2.27. The molecule has 3 heterocycles. The molecule has 1 fully saturated rings. The standard InChI is InChI=1S/C20H28N4O9/c1-11(26)4-6-30-20(31-7-5-12(2)27)33-16-15(28)13(8-25)32-19(16)24-10-21-14-17(24)22-9-23(3)18(14)29/h9-10,13,15-16,19-20,25,28H,4-8H2,1-3H3/t13-,15-,16-,19-/m1/s1. The number of Topliss-reactive ketones (excluding diaryl/α,β-unsaturated/α-hetero) is 2. The molecule has 0 bridgehead atoms. The number of hydrogen-bond acceptors (Lipinski definition) is 11. The summed E-state index contributed by atoms with van der Waals surface area (Å²) in [5.41, 5.74) is -0.0724. The first-order valence-corrected chi connectivity index (χ1v) is 10.4. The summed E-state index contributed by atoms with van der Waals surface area (Å²) in [5, 5.41) is 20.3. The third kappa shape index (κ3) is 5.88. The number of hydrogen-bond donors (Lipinski definition) is 2. The molecular weight excluding hydrogens is 440 g/mol. The second kappa shape index (κ2) is 11.0. The van der Waals surface area contributed by atoms with E-state index in [1.165, 1.54) is 35.6 Å². The molecule has 182 valence electrons. The lowest BCUT2D eigenvalue weighted by molar-refractivity contribution is -0.317. The van der Waals surface area contributed by atoms with Gasteiger partial charge in [0, 0.05) is 19.9 Å². The number of fused-ring (bicyclic) bond motifs is 1. The fourth-order valence-corrected chi connectivity index (χ4v) is 3.27. The van der Waals surface area contributed by atoms with Crippen LogP contribution >= 0.6 is 0 Å². The van der Waals surface area contributed by atoms with Gasteiger partial charge in [-0.25, -0.2) is 9.97 Å². The minimum atomic E-state index is -1.33. The Bertz CT molecular complexity index is 1020.